The molecule has 0 aliphatic heterocycles. The van der Waals surface area contributed by atoms with Gasteiger partial charge in [0.2, 0.25) is 0 Å². The van der Waals surface area contributed by atoms with Crippen molar-refractivity contribution in [1.82, 2.24) is 5.32 Å². The van der Waals surface area contributed by atoms with Gasteiger partial charge in [0.05, 0.1) is 7.11 Å². The van der Waals surface area contributed by atoms with E-state index in [1.807, 2.05) is 24.3 Å². The van der Waals surface area contributed by atoms with Gasteiger partial charge in [0.25, 0.3) is 0 Å². The van der Waals surface area contributed by atoms with E-state index in [0.717, 1.165) is 23.4 Å². The molecule has 2 aromatic rings. The Morgan fingerprint density at radius 3 is 2.65 bits per heavy atom. The fourth-order valence-electron chi connectivity index (χ4n) is 2.18. The molecule has 2 aromatic carbocycles. The van der Waals surface area contributed by atoms with E-state index in [1.54, 1.807) is 14.2 Å². The van der Waals surface area contributed by atoms with Gasteiger partial charge < -0.3 is 10.1 Å². The minimum Gasteiger partial charge on any atom is -0.497 e. The lowest BCUT2D eigenvalue weighted by Crippen LogP contribution is -2.20. The smallest absolute Gasteiger partial charge is 0.128 e. The van der Waals surface area contributed by atoms with E-state index in [-0.39, 0.29) is 6.04 Å². The van der Waals surface area contributed by atoms with Gasteiger partial charge in [-0.25, -0.2) is 8.78 Å². The molecule has 0 aromatic heterocycles. The van der Waals surface area contributed by atoms with E-state index < -0.39 is 11.6 Å². The number of hydrogen-bond donors (Lipinski definition) is 1. The molecule has 0 amide bonds. The lowest BCUT2D eigenvalue weighted by Gasteiger charge is -2.18. The van der Waals surface area contributed by atoms with Gasteiger partial charge >= 0.3 is 0 Å². The molecule has 0 saturated carbocycles. The number of benzene rings is 2. The molecule has 0 bridgehead atoms. The van der Waals surface area contributed by atoms with Gasteiger partial charge in [0.15, 0.2) is 0 Å². The molecule has 0 fully saturated rings. The van der Waals surface area contributed by atoms with Crippen LogP contribution in [0.3, 0.4) is 0 Å². The molecule has 0 aliphatic carbocycles. The highest BCUT2D eigenvalue weighted by Gasteiger charge is 2.15. The molecule has 106 valence electrons. The number of ether oxygens (including phenoxy) is 1. The topological polar surface area (TPSA) is 21.3 Å². The van der Waals surface area contributed by atoms with Gasteiger partial charge in [-0.1, -0.05) is 12.1 Å². The first-order valence-electron chi connectivity index (χ1n) is 6.39. The Hall–Kier alpha value is -1.94. The summed E-state index contributed by atoms with van der Waals surface area (Å²) in [6, 6.07) is 10.8. The Bertz CT molecular complexity index is 586. The molecule has 1 N–H and O–H groups in total. The van der Waals surface area contributed by atoms with Crippen LogP contribution in [0, 0.1) is 11.6 Å². The average molecular weight is 277 g/mol. The molecule has 0 aliphatic rings. The second kappa shape index (κ2) is 6.48. The summed E-state index contributed by atoms with van der Waals surface area (Å²) in [5.41, 5.74) is 1.32. The Morgan fingerprint density at radius 1 is 1.15 bits per heavy atom. The highest BCUT2D eigenvalue weighted by molar-refractivity contribution is 5.31. The number of methoxy groups -OCH3 is 1. The Morgan fingerprint density at radius 2 is 1.95 bits per heavy atom. The zero-order valence-corrected chi connectivity index (χ0v) is 11.5. The van der Waals surface area contributed by atoms with Crippen LogP contribution in [0.25, 0.3) is 0 Å². The van der Waals surface area contributed by atoms with Gasteiger partial charge in [-0.3, -0.25) is 0 Å². The number of likely N-dealkylation sites (N-methyl/N-ethyl adjacent to an activating group) is 1. The van der Waals surface area contributed by atoms with E-state index in [9.17, 15) is 8.78 Å². The zero-order valence-electron chi connectivity index (χ0n) is 11.5. The second-order valence-corrected chi connectivity index (χ2v) is 4.56. The molecule has 0 spiro atoms. The molecular weight excluding hydrogens is 260 g/mol. The second-order valence-electron chi connectivity index (χ2n) is 4.56. The summed E-state index contributed by atoms with van der Waals surface area (Å²) in [5, 5.41) is 3.02. The number of halogens is 2. The molecule has 0 radical (unpaired) electrons. The fraction of sp³-hybridized carbons (Fsp3) is 0.250. The van der Waals surface area contributed by atoms with Crippen molar-refractivity contribution < 1.29 is 13.5 Å². The summed E-state index contributed by atoms with van der Waals surface area (Å²) < 4.78 is 32.3. The number of nitrogens with one attached hydrogen (secondary N) is 1. The minimum absolute atomic E-state index is 0.294. The first-order chi connectivity index (χ1) is 9.63. The third-order valence-corrected chi connectivity index (χ3v) is 3.26. The average Bonchev–Trinajstić information content (AvgIpc) is 2.47. The van der Waals surface area contributed by atoms with Crippen molar-refractivity contribution in [3.05, 3.63) is 65.2 Å². The summed E-state index contributed by atoms with van der Waals surface area (Å²) >= 11 is 0. The predicted molar refractivity (Wildman–Crippen MR) is 74.9 cm³/mol. The molecule has 1 atom stereocenters. The summed E-state index contributed by atoms with van der Waals surface area (Å²) in [7, 11) is 3.33. The van der Waals surface area contributed by atoms with Crippen molar-refractivity contribution in [1.29, 1.82) is 0 Å². The molecule has 2 rings (SSSR count). The first kappa shape index (κ1) is 14.5. The van der Waals surface area contributed by atoms with Crippen LogP contribution in [0.2, 0.25) is 0 Å². The molecule has 1 unspecified atom stereocenters. The summed E-state index contributed by atoms with van der Waals surface area (Å²) in [4.78, 5) is 0. The Balaban J connectivity index is 2.26. The predicted octanol–water partition coefficient (Wildman–Crippen LogP) is 3.48. The summed E-state index contributed by atoms with van der Waals surface area (Å²) in [5.74, 6) is -0.0991. The highest BCUT2D eigenvalue weighted by Crippen LogP contribution is 2.23. The quantitative estimate of drug-likeness (QED) is 0.903. The lowest BCUT2D eigenvalue weighted by atomic mass is 9.98. The van der Waals surface area contributed by atoms with Crippen LogP contribution in [0.1, 0.15) is 17.2 Å². The van der Waals surface area contributed by atoms with E-state index in [4.69, 9.17) is 4.74 Å². The van der Waals surface area contributed by atoms with Gasteiger partial charge in [0, 0.05) is 11.6 Å². The molecule has 0 heterocycles. The van der Waals surface area contributed by atoms with Crippen LogP contribution in [0.4, 0.5) is 8.78 Å². The van der Waals surface area contributed by atoms with Gasteiger partial charge in [-0.05, 0) is 49.4 Å². The van der Waals surface area contributed by atoms with Crippen molar-refractivity contribution in [3.8, 4) is 5.75 Å². The Kier molecular flexibility index (Phi) is 4.69. The standard InChI is InChI=1S/C16H17F2NO/c1-19-16(14-10-12(17)6-7-15(14)18)9-11-4-3-5-13(8-11)20-2/h3-8,10,16,19H,9H2,1-2H3. The van der Waals surface area contributed by atoms with E-state index in [1.165, 1.54) is 6.07 Å². The molecular formula is C16H17F2NO. The van der Waals surface area contributed by atoms with Gasteiger partial charge in [-0.15, -0.1) is 0 Å². The maximum absolute atomic E-state index is 13.8. The largest absolute Gasteiger partial charge is 0.497 e. The molecule has 2 nitrogen and oxygen atoms in total. The van der Waals surface area contributed by atoms with Gasteiger partial charge in [-0.2, -0.15) is 0 Å². The van der Waals surface area contributed by atoms with E-state index in [0.29, 0.717) is 12.0 Å². The van der Waals surface area contributed by atoms with Crippen LogP contribution in [-0.4, -0.2) is 14.2 Å². The molecule has 4 heteroatoms. The first-order valence-corrected chi connectivity index (χ1v) is 6.39. The van der Waals surface area contributed by atoms with Crippen LogP contribution in [0.15, 0.2) is 42.5 Å². The van der Waals surface area contributed by atoms with Crippen molar-refractivity contribution in [3.63, 3.8) is 0 Å². The summed E-state index contributed by atoms with van der Waals surface area (Å²) in [6.45, 7) is 0. The van der Waals surface area contributed by atoms with Crippen LogP contribution >= 0.6 is 0 Å². The lowest BCUT2D eigenvalue weighted by molar-refractivity contribution is 0.414. The maximum Gasteiger partial charge on any atom is 0.128 e. The highest BCUT2D eigenvalue weighted by atomic mass is 19.1. The van der Waals surface area contributed by atoms with Crippen LogP contribution in [-0.2, 0) is 6.42 Å². The van der Waals surface area contributed by atoms with Crippen molar-refractivity contribution in [2.75, 3.05) is 14.2 Å². The SMILES string of the molecule is CNC(Cc1cccc(OC)c1)c1cc(F)ccc1F. The van der Waals surface area contributed by atoms with Crippen molar-refractivity contribution >= 4 is 0 Å². The summed E-state index contributed by atoms with van der Waals surface area (Å²) in [6.07, 6.45) is 0.550. The van der Waals surface area contributed by atoms with Crippen LogP contribution < -0.4 is 10.1 Å². The van der Waals surface area contributed by atoms with Crippen molar-refractivity contribution in [2.45, 2.75) is 12.5 Å². The third kappa shape index (κ3) is 3.33. The van der Waals surface area contributed by atoms with Crippen molar-refractivity contribution in [2.24, 2.45) is 0 Å². The normalized spacial score (nSPS) is 12.2. The zero-order chi connectivity index (χ0) is 14.5. The third-order valence-electron chi connectivity index (χ3n) is 3.26. The monoisotopic (exact) mass is 277 g/mol. The fourth-order valence-corrected chi connectivity index (χ4v) is 2.18. The number of rotatable bonds is 5. The molecule has 20 heavy (non-hydrogen) atoms. The van der Waals surface area contributed by atoms with Crippen LogP contribution in [0.5, 0.6) is 5.75 Å². The molecule has 0 saturated heterocycles. The van der Waals surface area contributed by atoms with E-state index in [2.05, 4.69) is 5.32 Å². The number of hydrogen-bond acceptors (Lipinski definition) is 2. The van der Waals surface area contributed by atoms with E-state index >= 15 is 0 Å². The van der Waals surface area contributed by atoms with Gasteiger partial charge in [0.1, 0.15) is 17.4 Å². The maximum atomic E-state index is 13.8. The minimum atomic E-state index is -0.438. The Labute approximate surface area is 117 Å².